The third-order valence-electron chi connectivity index (χ3n) is 5.11. The van der Waals surface area contributed by atoms with Gasteiger partial charge in [0.1, 0.15) is 12.4 Å². The van der Waals surface area contributed by atoms with Gasteiger partial charge in [-0.1, -0.05) is 18.2 Å². The minimum absolute atomic E-state index is 0.189. The first-order valence-electron chi connectivity index (χ1n) is 9.07. The third kappa shape index (κ3) is 3.68. The molecule has 0 spiro atoms. The molecule has 5 nitrogen and oxygen atoms in total. The molecule has 3 aromatic rings. The summed E-state index contributed by atoms with van der Waals surface area (Å²) in [5.74, 6) is 0.735. The lowest BCUT2D eigenvalue weighted by molar-refractivity contribution is 0.198. The molecular weight excluding hydrogens is 360 g/mol. The van der Waals surface area contributed by atoms with Crippen molar-refractivity contribution in [1.29, 1.82) is 0 Å². The van der Waals surface area contributed by atoms with Gasteiger partial charge in [-0.2, -0.15) is 0 Å². The van der Waals surface area contributed by atoms with E-state index in [4.69, 9.17) is 4.74 Å². The van der Waals surface area contributed by atoms with E-state index in [9.17, 15) is 8.42 Å². The first-order chi connectivity index (χ1) is 13.0. The molecule has 1 aliphatic rings. The zero-order chi connectivity index (χ0) is 18.9. The van der Waals surface area contributed by atoms with Gasteiger partial charge in [0.15, 0.2) is 0 Å². The second-order valence-electron chi connectivity index (χ2n) is 6.93. The van der Waals surface area contributed by atoms with E-state index in [1.807, 2.05) is 18.2 Å². The smallest absolute Gasteiger partial charge is 0.208 e. The van der Waals surface area contributed by atoms with Crippen LogP contribution < -0.4 is 4.74 Å². The Morgan fingerprint density at radius 2 is 1.93 bits per heavy atom. The SMILES string of the molecule is CN1CCC[C@H]1COc1ccc2ncc(S(=O)(=O)c3ccccc3)cc2c1. The predicted octanol–water partition coefficient (Wildman–Crippen LogP) is 3.54. The summed E-state index contributed by atoms with van der Waals surface area (Å²) in [4.78, 5) is 7.09. The number of benzene rings is 2. The zero-order valence-corrected chi connectivity index (χ0v) is 16.0. The van der Waals surface area contributed by atoms with Crippen LogP contribution in [0, 0.1) is 0 Å². The lowest BCUT2D eigenvalue weighted by Gasteiger charge is -2.19. The van der Waals surface area contributed by atoms with Gasteiger partial charge < -0.3 is 9.64 Å². The number of aromatic nitrogens is 1. The maximum absolute atomic E-state index is 12.8. The Kier molecular flexibility index (Phi) is 4.85. The van der Waals surface area contributed by atoms with Crippen LogP contribution in [0.3, 0.4) is 0 Å². The quantitative estimate of drug-likeness (QED) is 0.675. The van der Waals surface area contributed by atoms with E-state index in [0.29, 0.717) is 12.6 Å². The monoisotopic (exact) mass is 382 g/mol. The van der Waals surface area contributed by atoms with Crippen LogP contribution >= 0.6 is 0 Å². The minimum atomic E-state index is -3.59. The summed E-state index contributed by atoms with van der Waals surface area (Å²) in [5, 5.41) is 0.754. The van der Waals surface area contributed by atoms with Crippen molar-refractivity contribution in [3.63, 3.8) is 0 Å². The highest BCUT2D eigenvalue weighted by Crippen LogP contribution is 2.26. The molecule has 4 rings (SSSR count). The Hall–Kier alpha value is -2.44. The van der Waals surface area contributed by atoms with Gasteiger partial charge in [0, 0.05) is 17.6 Å². The van der Waals surface area contributed by atoms with Crippen molar-refractivity contribution in [1.82, 2.24) is 9.88 Å². The maximum Gasteiger partial charge on any atom is 0.208 e. The molecule has 1 fully saturated rings. The maximum atomic E-state index is 12.8. The van der Waals surface area contributed by atoms with Crippen LogP contribution in [-0.4, -0.2) is 44.5 Å². The third-order valence-corrected chi connectivity index (χ3v) is 6.84. The van der Waals surface area contributed by atoms with Gasteiger partial charge in [-0.15, -0.1) is 0 Å². The molecule has 2 aromatic carbocycles. The Morgan fingerprint density at radius 3 is 2.67 bits per heavy atom. The molecule has 1 atom stereocenters. The number of hydrogen-bond donors (Lipinski definition) is 0. The van der Waals surface area contributed by atoms with E-state index < -0.39 is 9.84 Å². The molecule has 0 N–H and O–H groups in total. The van der Waals surface area contributed by atoms with E-state index in [1.165, 1.54) is 12.6 Å². The number of fused-ring (bicyclic) bond motifs is 1. The first kappa shape index (κ1) is 17.9. The summed E-state index contributed by atoms with van der Waals surface area (Å²) < 4.78 is 31.6. The molecule has 27 heavy (non-hydrogen) atoms. The largest absolute Gasteiger partial charge is 0.492 e. The standard InChI is InChI=1S/C21H22N2O3S/c1-23-11-5-6-17(23)15-26-18-9-10-21-16(12-18)13-20(14-22-21)27(24,25)19-7-3-2-4-8-19/h2-4,7-10,12-14,17H,5-6,11,15H2,1H3/t17-/m0/s1. The number of likely N-dealkylation sites (N-methyl/N-ethyl adjacent to an activating group) is 1. The molecule has 0 saturated carbocycles. The topological polar surface area (TPSA) is 59.5 Å². The molecule has 0 aliphatic carbocycles. The van der Waals surface area contributed by atoms with Gasteiger partial charge >= 0.3 is 0 Å². The number of hydrogen-bond acceptors (Lipinski definition) is 5. The van der Waals surface area contributed by atoms with Gasteiger partial charge in [0.2, 0.25) is 9.84 Å². The lowest BCUT2D eigenvalue weighted by Crippen LogP contribution is -2.30. The second-order valence-corrected chi connectivity index (χ2v) is 8.88. The summed E-state index contributed by atoms with van der Waals surface area (Å²) in [6, 6.07) is 16.1. The number of pyridine rings is 1. The van der Waals surface area contributed by atoms with Crippen LogP contribution in [0.1, 0.15) is 12.8 Å². The number of ether oxygens (including phenoxy) is 1. The molecule has 0 bridgehead atoms. The van der Waals surface area contributed by atoms with Gasteiger partial charge in [-0.05, 0) is 62.8 Å². The Bertz CT molecular complexity index is 1050. The number of rotatable bonds is 5. The van der Waals surface area contributed by atoms with Crippen LogP contribution in [0.5, 0.6) is 5.75 Å². The van der Waals surface area contributed by atoms with Crippen molar-refractivity contribution in [2.24, 2.45) is 0 Å². The van der Waals surface area contributed by atoms with Crippen molar-refractivity contribution >= 4 is 20.7 Å². The predicted molar refractivity (Wildman–Crippen MR) is 105 cm³/mol. The number of likely N-dealkylation sites (tertiary alicyclic amines) is 1. The molecule has 1 aromatic heterocycles. The van der Waals surface area contributed by atoms with Gasteiger partial charge in [0.25, 0.3) is 0 Å². The molecule has 140 valence electrons. The lowest BCUT2D eigenvalue weighted by atomic mass is 10.2. The molecule has 6 heteroatoms. The fourth-order valence-electron chi connectivity index (χ4n) is 3.44. The zero-order valence-electron chi connectivity index (χ0n) is 15.2. The van der Waals surface area contributed by atoms with Crippen molar-refractivity contribution in [3.8, 4) is 5.75 Å². The molecule has 0 amide bonds. The summed E-state index contributed by atoms with van der Waals surface area (Å²) in [7, 11) is -1.47. The molecule has 0 unspecified atom stereocenters. The van der Waals surface area contributed by atoms with Gasteiger partial charge in [0.05, 0.1) is 15.3 Å². The Labute approximate surface area is 159 Å². The van der Waals surface area contributed by atoms with E-state index in [0.717, 1.165) is 29.6 Å². The fraction of sp³-hybridized carbons (Fsp3) is 0.286. The normalized spacial score (nSPS) is 18.0. The molecular formula is C21H22N2O3S. The average molecular weight is 382 g/mol. The van der Waals surface area contributed by atoms with Crippen molar-refractivity contribution in [3.05, 3.63) is 60.8 Å². The molecule has 1 aliphatic heterocycles. The second kappa shape index (κ2) is 7.29. The Morgan fingerprint density at radius 1 is 1.11 bits per heavy atom. The van der Waals surface area contributed by atoms with Crippen LogP contribution in [0.4, 0.5) is 0 Å². The fourth-order valence-corrected chi connectivity index (χ4v) is 4.71. The van der Waals surface area contributed by atoms with Crippen molar-refractivity contribution in [2.45, 2.75) is 28.7 Å². The Balaban J connectivity index is 1.61. The summed E-state index contributed by atoms with van der Waals surface area (Å²) in [6.45, 7) is 1.74. The van der Waals surface area contributed by atoms with E-state index in [2.05, 4.69) is 16.9 Å². The van der Waals surface area contributed by atoms with Gasteiger partial charge in [-0.25, -0.2) is 8.42 Å². The van der Waals surface area contributed by atoms with Crippen molar-refractivity contribution < 1.29 is 13.2 Å². The summed E-state index contributed by atoms with van der Waals surface area (Å²) >= 11 is 0. The van der Waals surface area contributed by atoms with Crippen LogP contribution in [0.2, 0.25) is 0 Å². The summed E-state index contributed by atoms with van der Waals surface area (Å²) in [6.07, 6.45) is 3.76. The summed E-state index contributed by atoms with van der Waals surface area (Å²) in [5.41, 5.74) is 0.743. The van der Waals surface area contributed by atoms with E-state index in [1.54, 1.807) is 36.4 Å². The van der Waals surface area contributed by atoms with Crippen molar-refractivity contribution in [2.75, 3.05) is 20.2 Å². The highest BCUT2D eigenvalue weighted by molar-refractivity contribution is 7.91. The minimum Gasteiger partial charge on any atom is -0.492 e. The number of sulfone groups is 1. The highest BCUT2D eigenvalue weighted by Gasteiger charge is 2.21. The first-order valence-corrected chi connectivity index (χ1v) is 10.6. The molecule has 2 heterocycles. The van der Waals surface area contributed by atoms with Crippen LogP contribution in [0.15, 0.2) is 70.6 Å². The number of nitrogens with zero attached hydrogens (tertiary/aromatic N) is 2. The highest BCUT2D eigenvalue weighted by atomic mass is 32.2. The van der Waals surface area contributed by atoms with Gasteiger partial charge in [-0.3, -0.25) is 4.98 Å². The van der Waals surface area contributed by atoms with E-state index >= 15 is 0 Å². The molecule has 1 saturated heterocycles. The molecule has 0 radical (unpaired) electrons. The van der Waals surface area contributed by atoms with E-state index in [-0.39, 0.29) is 9.79 Å². The van der Waals surface area contributed by atoms with Crippen LogP contribution in [0.25, 0.3) is 10.9 Å². The van der Waals surface area contributed by atoms with Crippen LogP contribution in [-0.2, 0) is 9.84 Å². The average Bonchev–Trinajstić information content (AvgIpc) is 3.11.